The number of benzene rings is 1. The largest absolute Gasteiger partial charge is 0.390 e. The van der Waals surface area contributed by atoms with E-state index in [9.17, 15) is 17.9 Å². The molecule has 0 radical (unpaired) electrons. The number of hydrogen-bond acceptors (Lipinski definition) is 5. The highest BCUT2D eigenvalue weighted by atomic mass is 32.2. The molecular weight excluding hydrogens is 367 g/mol. The van der Waals surface area contributed by atoms with Gasteiger partial charge in [0, 0.05) is 25.0 Å². The van der Waals surface area contributed by atoms with E-state index in [1.807, 2.05) is 26.2 Å². The average molecular weight is 399 g/mol. The molecule has 0 aromatic heterocycles. The quantitative estimate of drug-likeness (QED) is 0.757. The number of halogens is 1. The Hall–Kier alpha value is -1.02. The van der Waals surface area contributed by atoms with Crippen molar-refractivity contribution in [3.8, 4) is 0 Å². The summed E-state index contributed by atoms with van der Waals surface area (Å²) < 4.78 is 37.6. The molecule has 2 fully saturated rings. The van der Waals surface area contributed by atoms with E-state index < -0.39 is 15.9 Å². The number of likely N-dealkylation sites (N-methyl/N-ethyl adjacent to an activating group) is 1. The zero-order chi connectivity index (χ0) is 19.7. The standard InChI is InChI=1S/C20H31FN2O3S/c1-22(2)11-12-23(18-13-27(25,26)14-19(18)24)15-20(9-3-4-10-20)16-5-7-17(21)8-6-16/h5-8,18-19,24H,3-4,9-15H2,1-2H3/t18-,19+/m1/s1. The molecule has 7 heteroatoms. The van der Waals surface area contributed by atoms with Gasteiger partial charge in [-0.1, -0.05) is 25.0 Å². The second kappa shape index (κ2) is 8.15. The van der Waals surface area contributed by atoms with E-state index in [2.05, 4.69) is 9.80 Å². The van der Waals surface area contributed by atoms with E-state index in [0.717, 1.165) is 37.8 Å². The van der Waals surface area contributed by atoms with Gasteiger partial charge in [0.05, 0.1) is 23.7 Å². The first-order valence-electron chi connectivity index (χ1n) is 9.74. The van der Waals surface area contributed by atoms with Crippen molar-refractivity contribution in [2.45, 2.75) is 43.2 Å². The van der Waals surface area contributed by atoms with Crippen molar-refractivity contribution in [3.63, 3.8) is 0 Å². The molecule has 3 rings (SSSR count). The molecule has 0 amide bonds. The van der Waals surface area contributed by atoms with Crippen molar-refractivity contribution < 1.29 is 17.9 Å². The Morgan fingerprint density at radius 3 is 2.26 bits per heavy atom. The van der Waals surface area contributed by atoms with Gasteiger partial charge in [0.25, 0.3) is 0 Å². The van der Waals surface area contributed by atoms with Crippen LogP contribution in [0.5, 0.6) is 0 Å². The highest BCUT2D eigenvalue weighted by Gasteiger charge is 2.44. The van der Waals surface area contributed by atoms with E-state index in [1.165, 1.54) is 12.1 Å². The van der Waals surface area contributed by atoms with E-state index in [4.69, 9.17) is 0 Å². The summed E-state index contributed by atoms with van der Waals surface area (Å²) in [7, 11) is 0.776. The molecule has 1 N–H and O–H groups in total. The fourth-order valence-electron chi connectivity index (χ4n) is 4.63. The minimum Gasteiger partial charge on any atom is -0.390 e. The van der Waals surface area contributed by atoms with E-state index in [1.54, 1.807) is 0 Å². The van der Waals surface area contributed by atoms with Crippen molar-refractivity contribution in [2.24, 2.45) is 0 Å². The lowest BCUT2D eigenvalue weighted by Gasteiger charge is -2.40. The number of aliphatic hydroxyl groups is 1. The van der Waals surface area contributed by atoms with Crippen LogP contribution in [0.4, 0.5) is 4.39 Å². The monoisotopic (exact) mass is 398 g/mol. The van der Waals surface area contributed by atoms with Crippen LogP contribution in [0, 0.1) is 5.82 Å². The van der Waals surface area contributed by atoms with Gasteiger partial charge < -0.3 is 10.0 Å². The molecule has 2 aliphatic rings. The Morgan fingerprint density at radius 2 is 1.74 bits per heavy atom. The molecule has 2 atom stereocenters. The van der Waals surface area contributed by atoms with Crippen molar-refractivity contribution in [3.05, 3.63) is 35.6 Å². The molecule has 0 spiro atoms. The van der Waals surface area contributed by atoms with Crippen LogP contribution in [0.3, 0.4) is 0 Å². The fourth-order valence-corrected chi connectivity index (χ4v) is 6.46. The first-order chi connectivity index (χ1) is 12.7. The predicted octanol–water partition coefficient (Wildman–Crippen LogP) is 1.66. The Kier molecular flexibility index (Phi) is 6.25. The van der Waals surface area contributed by atoms with Crippen molar-refractivity contribution in [1.29, 1.82) is 0 Å². The second-order valence-corrected chi connectivity index (χ2v) is 10.6. The lowest BCUT2D eigenvalue weighted by molar-refractivity contribution is 0.0619. The first kappa shape index (κ1) is 20.7. The van der Waals surface area contributed by atoms with Gasteiger partial charge in [-0.05, 0) is 44.6 Å². The summed E-state index contributed by atoms with van der Waals surface area (Å²) in [6.45, 7) is 2.19. The number of nitrogens with zero attached hydrogens (tertiary/aromatic N) is 2. The van der Waals surface area contributed by atoms with E-state index in [-0.39, 0.29) is 28.8 Å². The molecule has 1 saturated heterocycles. The molecule has 5 nitrogen and oxygen atoms in total. The zero-order valence-electron chi connectivity index (χ0n) is 16.3. The van der Waals surface area contributed by atoms with Crippen LogP contribution in [-0.2, 0) is 15.3 Å². The summed E-state index contributed by atoms with van der Waals surface area (Å²) in [5.41, 5.74) is 1.01. The van der Waals surface area contributed by atoms with Crippen LogP contribution in [0.15, 0.2) is 24.3 Å². The van der Waals surface area contributed by atoms with Crippen LogP contribution in [0.25, 0.3) is 0 Å². The van der Waals surface area contributed by atoms with E-state index >= 15 is 0 Å². The van der Waals surface area contributed by atoms with Crippen LogP contribution in [0.2, 0.25) is 0 Å². The highest BCUT2D eigenvalue weighted by molar-refractivity contribution is 7.91. The summed E-state index contributed by atoms with van der Waals surface area (Å²) in [6, 6.07) is 6.38. The number of rotatable bonds is 7. The van der Waals surface area contributed by atoms with Gasteiger partial charge in [-0.25, -0.2) is 12.8 Å². The van der Waals surface area contributed by atoms with Gasteiger partial charge in [-0.3, -0.25) is 4.90 Å². The summed E-state index contributed by atoms with van der Waals surface area (Å²) >= 11 is 0. The smallest absolute Gasteiger partial charge is 0.154 e. The third kappa shape index (κ3) is 4.88. The van der Waals surface area contributed by atoms with Gasteiger partial charge in [0.15, 0.2) is 9.84 Å². The van der Waals surface area contributed by atoms with Crippen LogP contribution < -0.4 is 0 Å². The molecule has 27 heavy (non-hydrogen) atoms. The van der Waals surface area contributed by atoms with Gasteiger partial charge in [-0.15, -0.1) is 0 Å². The molecule has 0 bridgehead atoms. The molecule has 1 aliphatic carbocycles. The van der Waals surface area contributed by atoms with Crippen LogP contribution in [0.1, 0.15) is 31.2 Å². The van der Waals surface area contributed by atoms with Gasteiger partial charge in [-0.2, -0.15) is 0 Å². The van der Waals surface area contributed by atoms with Gasteiger partial charge >= 0.3 is 0 Å². The highest BCUT2D eigenvalue weighted by Crippen LogP contribution is 2.42. The maximum atomic E-state index is 13.4. The maximum absolute atomic E-state index is 13.4. The maximum Gasteiger partial charge on any atom is 0.154 e. The average Bonchev–Trinajstić information content (AvgIpc) is 3.16. The van der Waals surface area contributed by atoms with Crippen molar-refractivity contribution >= 4 is 9.84 Å². The molecule has 1 aromatic rings. The number of sulfone groups is 1. The number of aliphatic hydroxyl groups excluding tert-OH is 1. The summed E-state index contributed by atoms with van der Waals surface area (Å²) in [5, 5.41) is 10.4. The topological polar surface area (TPSA) is 60.9 Å². The second-order valence-electron chi connectivity index (χ2n) is 8.48. The SMILES string of the molecule is CN(C)CCN(CC1(c2ccc(F)cc2)CCCC1)[C@@H]1CS(=O)(=O)C[C@@H]1O. The lowest BCUT2D eigenvalue weighted by Crippen LogP contribution is -2.51. The minimum absolute atomic E-state index is 0.0150. The molecule has 1 heterocycles. The third-order valence-electron chi connectivity index (χ3n) is 6.12. The normalized spacial score (nSPS) is 26.9. The van der Waals surface area contributed by atoms with Crippen LogP contribution in [-0.4, -0.2) is 80.7 Å². The Labute approximate surface area is 162 Å². The van der Waals surface area contributed by atoms with Crippen molar-refractivity contribution in [2.75, 3.05) is 45.2 Å². The summed E-state index contributed by atoms with van der Waals surface area (Å²) in [6.07, 6.45) is 3.40. The van der Waals surface area contributed by atoms with Gasteiger partial charge in [0.1, 0.15) is 5.82 Å². The Bertz CT molecular complexity index is 730. The summed E-state index contributed by atoms with van der Waals surface area (Å²) in [4.78, 5) is 4.24. The minimum atomic E-state index is -3.21. The van der Waals surface area contributed by atoms with E-state index in [0.29, 0.717) is 13.1 Å². The molecule has 1 aliphatic heterocycles. The first-order valence-corrected chi connectivity index (χ1v) is 11.6. The predicted molar refractivity (Wildman–Crippen MR) is 105 cm³/mol. The lowest BCUT2D eigenvalue weighted by atomic mass is 9.78. The molecule has 152 valence electrons. The summed E-state index contributed by atoms with van der Waals surface area (Å²) in [5.74, 6) is -0.380. The number of hydrogen-bond donors (Lipinski definition) is 1. The Morgan fingerprint density at radius 1 is 1.11 bits per heavy atom. The molecular formula is C20H31FN2O3S. The van der Waals surface area contributed by atoms with Gasteiger partial charge in [0.2, 0.25) is 0 Å². The molecule has 1 saturated carbocycles. The fraction of sp³-hybridized carbons (Fsp3) is 0.700. The van der Waals surface area contributed by atoms with Crippen molar-refractivity contribution in [1.82, 2.24) is 9.80 Å². The van der Waals surface area contributed by atoms with Crippen LogP contribution >= 0.6 is 0 Å². The molecule has 1 aromatic carbocycles. The Balaban J connectivity index is 1.87. The zero-order valence-corrected chi connectivity index (χ0v) is 17.1. The molecule has 0 unspecified atom stereocenters. The third-order valence-corrected chi connectivity index (χ3v) is 7.82.